The summed E-state index contributed by atoms with van der Waals surface area (Å²) in [5.41, 5.74) is 0.779. The van der Waals surface area contributed by atoms with Gasteiger partial charge in [-0.05, 0) is 17.3 Å². The van der Waals surface area contributed by atoms with Crippen LogP contribution in [0.1, 0.15) is 5.56 Å². The topological polar surface area (TPSA) is 57.1 Å². The Labute approximate surface area is 99.3 Å². The van der Waals surface area contributed by atoms with Gasteiger partial charge < -0.3 is 14.3 Å². The van der Waals surface area contributed by atoms with Gasteiger partial charge in [-0.25, -0.2) is 4.79 Å². The SMILES string of the molecule is COC(=O)/C=C\O/N=C(\OC)c1ccccc1. The Morgan fingerprint density at radius 1 is 1.18 bits per heavy atom. The summed E-state index contributed by atoms with van der Waals surface area (Å²) in [5.74, 6) is -0.195. The van der Waals surface area contributed by atoms with Crippen LogP contribution in [0.3, 0.4) is 0 Å². The summed E-state index contributed by atoms with van der Waals surface area (Å²) in [4.78, 5) is 15.5. The number of methoxy groups -OCH3 is 2. The first-order valence-corrected chi connectivity index (χ1v) is 4.85. The van der Waals surface area contributed by atoms with Crippen molar-refractivity contribution < 1.29 is 19.1 Å². The molecule has 0 saturated heterocycles. The van der Waals surface area contributed by atoms with Crippen molar-refractivity contribution in [1.82, 2.24) is 0 Å². The van der Waals surface area contributed by atoms with Crippen LogP contribution >= 0.6 is 0 Å². The van der Waals surface area contributed by atoms with Crippen LogP contribution < -0.4 is 0 Å². The van der Waals surface area contributed by atoms with Crippen LogP contribution in [0.5, 0.6) is 0 Å². The van der Waals surface area contributed by atoms with Gasteiger partial charge in [0, 0.05) is 5.56 Å². The maximum atomic E-state index is 10.7. The zero-order valence-corrected chi connectivity index (χ0v) is 9.62. The molecule has 0 aliphatic rings. The molecule has 0 aliphatic carbocycles. The molecule has 0 radical (unpaired) electrons. The van der Waals surface area contributed by atoms with Crippen molar-refractivity contribution in [3.8, 4) is 0 Å². The van der Waals surface area contributed by atoms with E-state index in [0.29, 0.717) is 5.90 Å². The Morgan fingerprint density at radius 2 is 1.88 bits per heavy atom. The van der Waals surface area contributed by atoms with Gasteiger partial charge in [-0.1, -0.05) is 18.2 Å². The lowest BCUT2D eigenvalue weighted by Gasteiger charge is -2.02. The first kappa shape index (κ1) is 12.8. The highest BCUT2D eigenvalue weighted by Crippen LogP contribution is 2.02. The second kappa shape index (κ2) is 7.05. The Hall–Kier alpha value is -2.30. The van der Waals surface area contributed by atoms with E-state index in [2.05, 4.69) is 9.89 Å². The second-order valence-electron chi connectivity index (χ2n) is 2.90. The molecule has 0 unspecified atom stereocenters. The molecule has 0 heterocycles. The Kier molecular flexibility index (Phi) is 5.30. The number of hydrogen-bond acceptors (Lipinski definition) is 5. The summed E-state index contributed by atoms with van der Waals surface area (Å²) >= 11 is 0. The summed E-state index contributed by atoms with van der Waals surface area (Å²) < 4.78 is 9.43. The zero-order valence-electron chi connectivity index (χ0n) is 9.62. The Morgan fingerprint density at radius 3 is 2.47 bits per heavy atom. The van der Waals surface area contributed by atoms with E-state index in [4.69, 9.17) is 9.57 Å². The Bertz CT molecular complexity index is 412. The largest absolute Gasteiger partial charge is 0.478 e. The van der Waals surface area contributed by atoms with E-state index < -0.39 is 5.97 Å². The number of oxime groups is 1. The van der Waals surface area contributed by atoms with Crippen molar-refractivity contribution in [2.45, 2.75) is 0 Å². The fourth-order valence-electron chi connectivity index (χ4n) is 1.02. The first-order valence-electron chi connectivity index (χ1n) is 4.85. The lowest BCUT2D eigenvalue weighted by atomic mass is 10.2. The fraction of sp³-hybridized carbons (Fsp3) is 0.167. The first-order chi connectivity index (χ1) is 8.27. The number of rotatable bonds is 4. The van der Waals surface area contributed by atoms with E-state index in [1.807, 2.05) is 30.3 Å². The van der Waals surface area contributed by atoms with E-state index in [0.717, 1.165) is 17.9 Å². The Balaban J connectivity index is 2.63. The number of carbonyl (C=O) groups is 1. The monoisotopic (exact) mass is 235 g/mol. The number of ether oxygens (including phenoxy) is 2. The number of benzene rings is 1. The van der Waals surface area contributed by atoms with Crippen LogP contribution in [0.2, 0.25) is 0 Å². The van der Waals surface area contributed by atoms with E-state index in [9.17, 15) is 4.79 Å². The summed E-state index contributed by atoms with van der Waals surface area (Å²) in [6, 6.07) is 9.25. The van der Waals surface area contributed by atoms with Gasteiger partial charge in [0.1, 0.15) is 6.26 Å². The quantitative estimate of drug-likeness (QED) is 0.199. The van der Waals surface area contributed by atoms with Gasteiger partial charge in [0.2, 0.25) is 0 Å². The maximum Gasteiger partial charge on any atom is 0.333 e. The molecule has 0 bridgehead atoms. The van der Waals surface area contributed by atoms with Crippen molar-refractivity contribution in [2.24, 2.45) is 5.16 Å². The molecule has 5 nitrogen and oxygen atoms in total. The lowest BCUT2D eigenvalue weighted by Crippen LogP contribution is -2.03. The highest BCUT2D eigenvalue weighted by Gasteiger charge is 2.01. The molecule has 90 valence electrons. The van der Waals surface area contributed by atoms with Gasteiger partial charge in [-0.15, -0.1) is 0 Å². The van der Waals surface area contributed by atoms with Gasteiger partial charge in [-0.3, -0.25) is 0 Å². The predicted octanol–water partition coefficient (Wildman–Crippen LogP) is 1.70. The molecule has 0 N–H and O–H groups in total. The smallest absolute Gasteiger partial charge is 0.333 e. The third kappa shape index (κ3) is 4.38. The van der Waals surface area contributed by atoms with Crippen LogP contribution in [0.15, 0.2) is 47.8 Å². The van der Waals surface area contributed by atoms with E-state index in [1.54, 1.807) is 0 Å². The third-order valence-electron chi connectivity index (χ3n) is 1.82. The fourth-order valence-corrected chi connectivity index (χ4v) is 1.02. The number of esters is 1. The molecule has 1 aromatic rings. The van der Waals surface area contributed by atoms with Gasteiger partial charge in [0.15, 0.2) is 0 Å². The molecule has 1 aromatic carbocycles. The van der Waals surface area contributed by atoms with Gasteiger partial charge in [0.25, 0.3) is 5.90 Å². The van der Waals surface area contributed by atoms with Crippen molar-refractivity contribution in [1.29, 1.82) is 0 Å². The van der Waals surface area contributed by atoms with Gasteiger partial charge >= 0.3 is 5.97 Å². The zero-order chi connectivity index (χ0) is 12.5. The molecule has 0 spiro atoms. The molecule has 0 aromatic heterocycles. The van der Waals surface area contributed by atoms with Crippen LogP contribution in [0.4, 0.5) is 0 Å². The van der Waals surface area contributed by atoms with Crippen molar-refractivity contribution in [3.05, 3.63) is 48.2 Å². The van der Waals surface area contributed by atoms with Crippen LogP contribution in [-0.2, 0) is 19.1 Å². The van der Waals surface area contributed by atoms with E-state index in [-0.39, 0.29) is 0 Å². The highest BCUT2D eigenvalue weighted by molar-refractivity contribution is 5.93. The molecule has 0 fully saturated rings. The molecule has 5 heteroatoms. The van der Waals surface area contributed by atoms with Gasteiger partial charge in [-0.2, -0.15) is 0 Å². The van der Waals surface area contributed by atoms with E-state index in [1.165, 1.54) is 14.2 Å². The average molecular weight is 235 g/mol. The highest BCUT2D eigenvalue weighted by atomic mass is 16.6. The van der Waals surface area contributed by atoms with Crippen molar-refractivity contribution in [2.75, 3.05) is 14.2 Å². The normalized spacial score (nSPS) is 11.3. The minimum absolute atomic E-state index is 0.320. The number of nitrogens with zero attached hydrogens (tertiary/aromatic N) is 1. The second-order valence-corrected chi connectivity index (χ2v) is 2.90. The summed E-state index contributed by atoms with van der Waals surface area (Å²) in [5, 5.41) is 3.72. The molecule has 0 aliphatic heterocycles. The molecular weight excluding hydrogens is 222 g/mol. The molecule has 0 amide bonds. The minimum atomic E-state index is -0.515. The van der Waals surface area contributed by atoms with Crippen LogP contribution in [0.25, 0.3) is 0 Å². The van der Waals surface area contributed by atoms with Crippen LogP contribution in [-0.4, -0.2) is 26.1 Å². The number of hydrogen-bond donors (Lipinski definition) is 0. The van der Waals surface area contributed by atoms with Crippen LogP contribution in [0, 0.1) is 0 Å². The molecule has 0 saturated carbocycles. The van der Waals surface area contributed by atoms with Crippen molar-refractivity contribution in [3.63, 3.8) is 0 Å². The molecule has 0 atom stereocenters. The number of carbonyl (C=O) groups excluding carboxylic acids is 1. The molecule has 1 rings (SSSR count). The standard InChI is InChI=1S/C12H13NO4/c1-15-11(14)8-9-17-13-12(16-2)10-6-4-3-5-7-10/h3-9H,1-2H3/b9-8-,13-12-. The third-order valence-corrected chi connectivity index (χ3v) is 1.82. The molecular formula is C12H13NO4. The minimum Gasteiger partial charge on any atom is -0.478 e. The summed E-state index contributed by atoms with van der Waals surface area (Å²) in [6.45, 7) is 0. The van der Waals surface area contributed by atoms with Gasteiger partial charge in [0.05, 0.1) is 20.3 Å². The van der Waals surface area contributed by atoms with Crippen molar-refractivity contribution >= 4 is 11.9 Å². The lowest BCUT2D eigenvalue weighted by molar-refractivity contribution is -0.135. The average Bonchev–Trinajstić information content (AvgIpc) is 2.39. The predicted molar refractivity (Wildman–Crippen MR) is 62.2 cm³/mol. The summed E-state index contributed by atoms with van der Waals surface area (Å²) in [6.07, 6.45) is 2.23. The molecule has 17 heavy (non-hydrogen) atoms. The van der Waals surface area contributed by atoms with E-state index >= 15 is 0 Å². The summed E-state index contributed by atoms with van der Waals surface area (Å²) in [7, 11) is 2.76. The maximum absolute atomic E-state index is 10.7.